The molecule has 0 spiro atoms. The molecule has 0 fully saturated rings. The summed E-state index contributed by atoms with van der Waals surface area (Å²) < 4.78 is 10.3. The van der Waals surface area contributed by atoms with E-state index in [1.54, 1.807) is 37.4 Å². The number of pyridine rings is 1. The van der Waals surface area contributed by atoms with Gasteiger partial charge in [-0.05, 0) is 42.8 Å². The number of fused-ring (bicyclic) bond motifs is 1. The van der Waals surface area contributed by atoms with Gasteiger partial charge in [0.25, 0.3) is 0 Å². The molecule has 1 aromatic heterocycles. The number of ether oxygens (including phenoxy) is 2. The van der Waals surface area contributed by atoms with Crippen molar-refractivity contribution in [3.8, 4) is 34.3 Å². The molecular formula is C18H17NO4. The molecule has 0 aliphatic heterocycles. The summed E-state index contributed by atoms with van der Waals surface area (Å²) >= 11 is 0. The van der Waals surface area contributed by atoms with Crippen LogP contribution >= 0.6 is 0 Å². The van der Waals surface area contributed by atoms with E-state index >= 15 is 0 Å². The molecule has 0 atom stereocenters. The lowest BCUT2D eigenvalue weighted by Gasteiger charge is -2.11. The van der Waals surface area contributed by atoms with Crippen molar-refractivity contribution in [3.05, 3.63) is 42.0 Å². The highest BCUT2D eigenvalue weighted by atomic mass is 16.5. The first-order valence-corrected chi connectivity index (χ1v) is 7.09. The monoisotopic (exact) mass is 311 g/mol. The fourth-order valence-corrected chi connectivity index (χ4v) is 2.56. The third-order valence-electron chi connectivity index (χ3n) is 3.80. The number of phenolic OH excluding ortho intramolecular Hbond substituents is 2. The van der Waals surface area contributed by atoms with Gasteiger partial charge >= 0.3 is 0 Å². The van der Waals surface area contributed by atoms with Gasteiger partial charge in [0.2, 0.25) is 0 Å². The van der Waals surface area contributed by atoms with E-state index in [4.69, 9.17) is 9.47 Å². The largest absolute Gasteiger partial charge is 0.507 e. The third kappa shape index (κ3) is 2.61. The highest BCUT2D eigenvalue weighted by molar-refractivity contribution is 5.88. The summed E-state index contributed by atoms with van der Waals surface area (Å²) in [4.78, 5) is 4.55. The molecule has 0 aliphatic carbocycles. The molecule has 5 heteroatoms. The number of aromatic nitrogens is 1. The number of nitrogens with zero attached hydrogens (tertiary/aromatic N) is 1. The van der Waals surface area contributed by atoms with E-state index in [9.17, 15) is 10.2 Å². The molecule has 2 N–H and O–H groups in total. The standard InChI is InChI=1S/C18H17NO4/c1-10-6-14(13-7-11(22-2)4-5-16(13)20)19-15-9-17(21)18(23-3)8-12(10)15/h4-9,20-21H,1-3H3. The minimum Gasteiger partial charge on any atom is -0.507 e. The zero-order chi connectivity index (χ0) is 16.6. The van der Waals surface area contributed by atoms with Crippen molar-refractivity contribution in [1.82, 2.24) is 4.98 Å². The lowest BCUT2D eigenvalue weighted by molar-refractivity contribution is 0.374. The van der Waals surface area contributed by atoms with E-state index in [2.05, 4.69) is 4.98 Å². The Labute approximate surface area is 133 Å². The van der Waals surface area contributed by atoms with Crippen molar-refractivity contribution in [3.63, 3.8) is 0 Å². The van der Waals surface area contributed by atoms with Gasteiger partial charge in [0, 0.05) is 17.0 Å². The average Bonchev–Trinajstić information content (AvgIpc) is 2.54. The molecule has 5 nitrogen and oxygen atoms in total. The van der Waals surface area contributed by atoms with Crippen molar-refractivity contribution in [2.24, 2.45) is 0 Å². The second-order valence-corrected chi connectivity index (χ2v) is 5.25. The van der Waals surface area contributed by atoms with Crippen LogP contribution in [0.3, 0.4) is 0 Å². The van der Waals surface area contributed by atoms with Crippen LogP contribution in [0.4, 0.5) is 0 Å². The number of methoxy groups -OCH3 is 2. The van der Waals surface area contributed by atoms with Gasteiger partial charge < -0.3 is 19.7 Å². The highest BCUT2D eigenvalue weighted by Crippen LogP contribution is 2.36. The Kier molecular flexibility index (Phi) is 3.70. The summed E-state index contributed by atoms with van der Waals surface area (Å²) in [6.07, 6.45) is 0. The lowest BCUT2D eigenvalue weighted by Crippen LogP contribution is -1.92. The molecule has 23 heavy (non-hydrogen) atoms. The Morgan fingerprint density at radius 1 is 0.913 bits per heavy atom. The van der Waals surface area contributed by atoms with Crippen molar-refractivity contribution in [2.75, 3.05) is 14.2 Å². The lowest BCUT2D eigenvalue weighted by atomic mass is 10.0. The first-order chi connectivity index (χ1) is 11.0. The number of phenols is 2. The molecule has 0 saturated heterocycles. The summed E-state index contributed by atoms with van der Waals surface area (Å²) in [5.74, 6) is 1.18. The number of rotatable bonds is 3. The molecule has 3 rings (SSSR count). The molecule has 0 bridgehead atoms. The second kappa shape index (κ2) is 5.68. The molecule has 1 heterocycles. The van der Waals surface area contributed by atoms with Crippen LogP contribution in [0, 0.1) is 6.92 Å². The van der Waals surface area contributed by atoms with E-state index in [0.717, 1.165) is 10.9 Å². The zero-order valence-electron chi connectivity index (χ0n) is 13.1. The van der Waals surface area contributed by atoms with Crippen molar-refractivity contribution in [1.29, 1.82) is 0 Å². The van der Waals surface area contributed by atoms with Crippen molar-refractivity contribution < 1.29 is 19.7 Å². The summed E-state index contributed by atoms with van der Waals surface area (Å²) in [7, 11) is 3.08. The van der Waals surface area contributed by atoms with Gasteiger partial charge in [-0.15, -0.1) is 0 Å². The van der Waals surface area contributed by atoms with Crippen LogP contribution in [0.25, 0.3) is 22.2 Å². The molecule has 3 aromatic rings. The van der Waals surface area contributed by atoms with Crippen LogP contribution in [0.2, 0.25) is 0 Å². The molecule has 0 saturated carbocycles. The van der Waals surface area contributed by atoms with Gasteiger partial charge in [-0.2, -0.15) is 0 Å². The van der Waals surface area contributed by atoms with Gasteiger partial charge in [0.05, 0.1) is 25.4 Å². The number of aromatic hydroxyl groups is 2. The molecule has 0 amide bonds. The first-order valence-electron chi connectivity index (χ1n) is 7.09. The molecular weight excluding hydrogens is 294 g/mol. The fraction of sp³-hybridized carbons (Fsp3) is 0.167. The SMILES string of the molecule is COc1ccc(O)c(-c2cc(C)c3cc(OC)c(O)cc3n2)c1. The normalized spacial score (nSPS) is 10.7. The molecule has 2 aromatic carbocycles. The summed E-state index contributed by atoms with van der Waals surface area (Å²) in [5, 5.41) is 21.0. The maximum absolute atomic E-state index is 10.1. The topological polar surface area (TPSA) is 71.8 Å². The fourth-order valence-electron chi connectivity index (χ4n) is 2.56. The minimum absolute atomic E-state index is 0.0268. The van der Waals surface area contributed by atoms with Gasteiger partial charge in [-0.25, -0.2) is 4.98 Å². The Balaban J connectivity index is 2.24. The summed E-state index contributed by atoms with van der Waals surface area (Å²) in [6, 6.07) is 10.2. The molecule has 0 radical (unpaired) electrons. The molecule has 0 unspecified atom stereocenters. The van der Waals surface area contributed by atoms with Crippen LogP contribution in [-0.4, -0.2) is 29.4 Å². The summed E-state index contributed by atoms with van der Waals surface area (Å²) in [6.45, 7) is 1.95. The Hall–Kier alpha value is -2.95. The number of hydrogen-bond donors (Lipinski definition) is 2. The van der Waals surface area contributed by atoms with Crippen molar-refractivity contribution >= 4 is 10.9 Å². The van der Waals surface area contributed by atoms with Crippen LogP contribution in [-0.2, 0) is 0 Å². The smallest absolute Gasteiger partial charge is 0.161 e. The quantitative estimate of drug-likeness (QED) is 0.772. The van der Waals surface area contributed by atoms with Gasteiger partial charge in [-0.1, -0.05) is 0 Å². The van der Waals surface area contributed by atoms with E-state index in [1.165, 1.54) is 7.11 Å². The van der Waals surface area contributed by atoms with Gasteiger partial charge in [-0.3, -0.25) is 0 Å². The Morgan fingerprint density at radius 2 is 1.70 bits per heavy atom. The van der Waals surface area contributed by atoms with Crippen LogP contribution in [0.5, 0.6) is 23.0 Å². The predicted octanol–water partition coefficient (Wildman–Crippen LogP) is 3.64. The summed E-state index contributed by atoms with van der Waals surface area (Å²) in [5.41, 5.74) is 2.77. The van der Waals surface area contributed by atoms with Gasteiger partial charge in [0.1, 0.15) is 11.5 Å². The molecule has 118 valence electrons. The maximum Gasteiger partial charge on any atom is 0.161 e. The average molecular weight is 311 g/mol. The Bertz CT molecular complexity index is 890. The minimum atomic E-state index is 0.0268. The van der Waals surface area contributed by atoms with Crippen LogP contribution in [0.15, 0.2) is 36.4 Å². The number of hydrogen-bond acceptors (Lipinski definition) is 5. The third-order valence-corrected chi connectivity index (χ3v) is 3.80. The predicted molar refractivity (Wildman–Crippen MR) is 88.3 cm³/mol. The van der Waals surface area contributed by atoms with Crippen LogP contribution < -0.4 is 9.47 Å². The molecule has 0 aliphatic rings. The van der Waals surface area contributed by atoms with Gasteiger partial charge in [0.15, 0.2) is 11.5 Å². The first kappa shape index (κ1) is 15.0. The van der Waals surface area contributed by atoms with E-state index < -0.39 is 0 Å². The Morgan fingerprint density at radius 3 is 2.39 bits per heavy atom. The van der Waals surface area contributed by atoms with E-state index in [0.29, 0.717) is 28.3 Å². The zero-order valence-corrected chi connectivity index (χ0v) is 13.1. The van der Waals surface area contributed by atoms with E-state index in [-0.39, 0.29) is 11.5 Å². The highest BCUT2D eigenvalue weighted by Gasteiger charge is 2.13. The maximum atomic E-state index is 10.1. The number of benzene rings is 2. The van der Waals surface area contributed by atoms with Crippen molar-refractivity contribution in [2.45, 2.75) is 6.92 Å². The number of aryl methyl sites for hydroxylation is 1. The van der Waals surface area contributed by atoms with E-state index in [1.807, 2.05) is 13.0 Å². The van der Waals surface area contributed by atoms with Crippen LogP contribution in [0.1, 0.15) is 5.56 Å². The second-order valence-electron chi connectivity index (χ2n) is 5.25.